The van der Waals surface area contributed by atoms with Gasteiger partial charge in [0.05, 0.1) is 6.61 Å². The number of aliphatic hydroxyl groups is 1. The zero-order valence-corrected chi connectivity index (χ0v) is 20.7. The number of hydrogen-bond donors (Lipinski definition) is 1. The molecule has 0 atom stereocenters. The van der Waals surface area contributed by atoms with Crippen LogP contribution in [0.5, 0.6) is 0 Å². The molecule has 34 heavy (non-hydrogen) atoms. The third-order valence-electron chi connectivity index (χ3n) is 6.12. The average molecular weight is 457 g/mol. The van der Waals surface area contributed by atoms with Gasteiger partial charge < -0.3 is 9.84 Å². The van der Waals surface area contributed by atoms with E-state index in [0.717, 1.165) is 32.1 Å². The van der Waals surface area contributed by atoms with Crippen molar-refractivity contribution in [3.05, 3.63) is 95.1 Å². The van der Waals surface area contributed by atoms with Gasteiger partial charge in [0.2, 0.25) is 0 Å². The van der Waals surface area contributed by atoms with Crippen LogP contribution < -0.4 is 0 Å². The maximum Gasteiger partial charge on any atom is 0.333 e. The van der Waals surface area contributed by atoms with E-state index < -0.39 is 0 Å². The Bertz CT molecular complexity index is 1130. The molecule has 3 aromatic carbocycles. The molecule has 178 valence electrons. The van der Waals surface area contributed by atoms with Crippen molar-refractivity contribution in [2.75, 3.05) is 13.2 Å². The van der Waals surface area contributed by atoms with Crippen LogP contribution in [0, 0.1) is 6.92 Å². The summed E-state index contributed by atoms with van der Waals surface area (Å²) in [6.45, 7) is 10.2. The zero-order chi connectivity index (χ0) is 24.5. The lowest BCUT2D eigenvalue weighted by Crippen LogP contribution is -2.07. The number of aliphatic hydroxyl groups excluding tert-OH is 1. The van der Waals surface area contributed by atoms with Gasteiger partial charge in [-0.3, -0.25) is 0 Å². The van der Waals surface area contributed by atoms with Crippen LogP contribution in [-0.4, -0.2) is 24.3 Å². The highest BCUT2D eigenvalue weighted by Gasteiger charge is 2.11. The van der Waals surface area contributed by atoms with Crippen molar-refractivity contribution in [3.8, 4) is 22.3 Å². The van der Waals surface area contributed by atoms with Gasteiger partial charge in [-0.05, 0) is 84.9 Å². The van der Waals surface area contributed by atoms with E-state index in [1.54, 1.807) is 6.92 Å². The summed E-state index contributed by atoms with van der Waals surface area (Å²) >= 11 is 0. The summed E-state index contributed by atoms with van der Waals surface area (Å²) in [5.41, 5.74) is 10.4. The minimum Gasteiger partial charge on any atom is -0.462 e. The first-order valence-corrected chi connectivity index (χ1v) is 12.2. The summed E-state index contributed by atoms with van der Waals surface area (Å²) in [6.07, 6.45) is 4.27. The maximum atomic E-state index is 11.6. The number of ether oxygens (including phenoxy) is 1. The van der Waals surface area contributed by atoms with Crippen molar-refractivity contribution in [2.45, 2.75) is 52.9 Å². The van der Waals surface area contributed by atoms with Gasteiger partial charge >= 0.3 is 5.97 Å². The smallest absolute Gasteiger partial charge is 0.333 e. The van der Waals surface area contributed by atoms with Gasteiger partial charge in [0, 0.05) is 12.2 Å². The Hall–Kier alpha value is -3.17. The fourth-order valence-corrected chi connectivity index (χ4v) is 4.23. The van der Waals surface area contributed by atoms with Crippen LogP contribution in [0.1, 0.15) is 48.9 Å². The molecule has 0 aliphatic rings. The summed E-state index contributed by atoms with van der Waals surface area (Å²) in [6, 6.07) is 22.0. The molecule has 3 heteroatoms. The Morgan fingerprint density at radius 1 is 0.882 bits per heavy atom. The molecule has 0 bridgehead atoms. The van der Waals surface area contributed by atoms with E-state index in [-0.39, 0.29) is 12.6 Å². The van der Waals surface area contributed by atoms with Crippen molar-refractivity contribution < 1.29 is 14.6 Å². The lowest BCUT2D eigenvalue weighted by molar-refractivity contribution is -0.139. The number of carbonyl (C=O) groups excluding carboxylic acids is 1. The van der Waals surface area contributed by atoms with Crippen LogP contribution in [0.4, 0.5) is 0 Å². The van der Waals surface area contributed by atoms with Crippen molar-refractivity contribution in [1.82, 2.24) is 0 Å². The van der Waals surface area contributed by atoms with E-state index in [4.69, 9.17) is 9.84 Å². The van der Waals surface area contributed by atoms with Crippen molar-refractivity contribution in [2.24, 2.45) is 0 Å². The Balaban J connectivity index is 1.82. The second-order valence-corrected chi connectivity index (χ2v) is 8.93. The minimum atomic E-state index is -0.325. The summed E-state index contributed by atoms with van der Waals surface area (Å²) in [7, 11) is 0. The van der Waals surface area contributed by atoms with E-state index >= 15 is 0 Å². The van der Waals surface area contributed by atoms with Gasteiger partial charge in [-0.2, -0.15) is 0 Å². The van der Waals surface area contributed by atoms with Gasteiger partial charge in [0.15, 0.2) is 0 Å². The molecular formula is C31H36O3. The largest absolute Gasteiger partial charge is 0.462 e. The number of esters is 1. The van der Waals surface area contributed by atoms with Crippen molar-refractivity contribution in [1.29, 1.82) is 0 Å². The Kier molecular flexibility index (Phi) is 9.24. The average Bonchev–Trinajstić information content (AvgIpc) is 2.85. The Morgan fingerprint density at radius 3 is 2.24 bits per heavy atom. The van der Waals surface area contributed by atoms with E-state index in [1.165, 1.54) is 44.5 Å². The van der Waals surface area contributed by atoms with Gasteiger partial charge in [-0.1, -0.05) is 79.7 Å². The first-order chi connectivity index (χ1) is 16.4. The second-order valence-electron chi connectivity index (χ2n) is 8.93. The summed E-state index contributed by atoms with van der Waals surface area (Å²) in [5, 5.41) is 9.06. The molecule has 3 aromatic rings. The molecule has 0 fully saturated rings. The Morgan fingerprint density at radius 2 is 1.56 bits per heavy atom. The predicted octanol–water partition coefficient (Wildman–Crippen LogP) is 6.87. The molecule has 0 unspecified atom stereocenters. The topological polar surface area (TPSA) is 46.5 Å². The maximum absolute atomic E-state index is 11.6. The second kappa shape index (κ2) is 12.3. The van der Waals surface area contributed by atoms with Crippen molar-refractivity contribution in [3.63, 3.8) is 0 Å². The highest BCUT2D eigenvalue weighted by molar-refractivity contribution is 5.86. The van der Waals surface area contributed by atoms with Gasteiger partial charge in [0.1, 0.15) is 0 Å². The molecule has 0 heterocycles. The molecular weight excluding hydrogens is 420 g/mol. The van der Waals surface area contributed by atoms with Gasteiger partial charge in [-0.25, -0.2) is 4.79 Å². The first kappa shape index (κ1) is 25.5. The van der Waals surface area contributed by atoms with E-state index in [0.29, 0.717) is 12.2 Å². The zero-order valence-electron chi connectivity index (χ0n) is 20.7. The molecule has 0 aromatic heterocycles. The Labute approximate surface area is 204 Å². The highest BCUT2D eigenvalue weighted by atomic mass is 16.5. The number of rotatable bonds is 11. The molecule has 3 nitrogen and oxygen atoms in total. The van der Waals surface area contributed by atoms with Crippen LogP contribution in [0.15, 0.2) is 72.8 Å². The summed E-state index contributed by atoms with van der Waals surface area (Å²) in [4.78, 5) is 11.6. The summed E-state index contributed by atoms with van der Waals surface area (Å²) in [5.74, 6) is -0.325. The molecule has 0 spiro atoms. The predicted molar refractivity (Wildman–Crippen MR) is 141 cm³/mol. The standard InChI is InChI=1S/C31H36O3/c1-5-25-21-28(15-17-29(25)26-13-11-24(12-14-26)8-6-18-32)30-16-10-23(4)20-27(30)9-7-19-34-31(33)22(2)3/h10-17,20-21,32H,2,5-9,18-19H2,1,3-4H3. The molecule has 0 saturated heterocycles. The molecule has 0 amide bonds. The third-order valence-corrected chi connectivity index (χ3v) is 6.12. The minimum absolute atomic E-state index is 0.226. The monoisotopic (exact) mass is 456 g/mol. The highest BCUT2D eigenvalue weighted by Crippen LogP contribution is 2.32. The lowest BCUT2D eigenvalue weighted by atomic mass is 9.90. The van der Waals surface area contributed by atoms with Crippen LogP contribution >= 0.6 is 0 Å². The fraction of sp³-hybridized carbons (Fsp3) is 0.323. The molecule has 3 rings (SSSR count). The normalized spacial score (nSPS) is 10.8. The number of carbonyl (C=O) groups is 1. The first-order valence-electron chi connectivity index (χ1n) is 12.2. The number of hydrogen-bond acceptors (Lipinski definition) is 3. The fourth-order valence-electron chi connectivity index (χ4n) is 4.23. The quantitative estimate of drug-likeness (QED) is 0.195. The van der Waals surface area contributed by atoms with E-state index in [9.17, 15) is 4.79 Å². The van der Waals surface area contributed by atoms with E-state index in [1.807, 2.05) is 0 Å². The van der Waals surface area contributed by atoms with E-state index in [2.05, 4.69) is 81.1 Å². The van der Waals surface area contributed by atoms with Crippen molar-refractivity contribution >= 4 is 5.97 Å². The van der Waals surface area contributed by atoms with Crippen LogP contribution in [0.2, 0.25) is 0 Å². The van der Waals surface area contributed by atoms with Crippen LogP contribution in [0.25, 0.3) is 22.3 Å². The molecule has 0 radical (unpaired) electrons. The van der Waals surface area contributed by atoms with Crippen LogP contribution in [0.3, 0.4) is 0 Å². The third kappa shape index (κ3) is 6.68. The van der Waals surface area contributed by atoms with Crippen LogP contribution in [-0.2, 0) is 28.8 Å². The number of benzene rings is 3. The van der Waals surface area contributed by atoms with Gasteiger partial charge in [-0.15, -0.1) is 0 Å². The molecule has 0 aliphatic heterocycles. The molecule has 1 N–H and O–H groups in total. The molecule has 0 saturated carbocycles. The summed E-state index contributed by atoms with van der Waals surface area (Å²) < 4.78 is 5.28. The SMILES string of the molecule is C=C(C)C(=O)OCCCc1cc(C)ccc1-c1ccc(-c2ccc(CCCO)cc2)c(CC)c1. The molecule has 0 aliphatic carbocycles. The lowest BCUT2D eigenvalue weighted by Gasteiger charge is -2.15. The van der Waals surface area contributed by atoms with Gasteiger partial charge in [0.25, 0.3) is 0 Å². The number of aryl methyl sites for hydroxylation is 4.